The molecule has 1 fully saturated rings. The molecule has 5 heteroatoms. The highest BCUT2D eigenvalue weighted by Gasteiger charge is 2.20. The highest BCUT2D eigenvalue weighted by molar-refractivity contribution is 9.10. The molecule has 3 rings (SSSR count). The van der Waals surface area contributed by atoms with Crippen molar-refractivity contribution in [2.75, 3.05) is 24.2 Å². The summed E-state index contributed by atoms with van der Waals surface area (Å²) < 4.78 is 1.08. The number of anilines is 1. The summed E-state index contributed by atoms with van der Waals surface area (Å²) in [6.07, 6.45) is 7.77. The van der Waals surface area contributed by atoms with Gasteiger partial charge >= 0.3 is 0 Å². The maximum absolute atomic E-state index is 4.57. The summed E-state index contributed by atoms with van der Waals surface area (Å²) in [4.78, 5) is 11.4. The van der Waals surface area contributed by atoms with Crippen LogP contribution in [0.5, 0.6) is 0 Å². The predicted octanol–water partition coefficient (Wildman–Crippen LogP) is 4.11. The Hall–Kier alpha value is -0.810. The van der Waals surface area contributed by atoms with E-state index in [1.165, 1.54) is 19.3 Å². The predicted molar refractivity (Wildman–Crippen MR) is 90.6 cm³/mol. The summed E-state index contributed by atoms with van der Waals surface area (Å²) in [7, 11) is 0. The van der Waals surface area contributed by atoms with Crippen LogP contribution in [0.1, 0.15) is 19.3 Å². The molecule has 2 heterocycles. The van der Waals surface area contributed by atoms with Crippen LogP contribution >= 0.6 is 27.7 Å². The summed E-state index contributed by atoms with van der Waals surface area (Å²) in [5, 5.41) is 1.85. The molecule has 2 aromatic rings. The van der Waals surface area contributed by atoms with E-state index in [-0.39, 0.29) is 0 Å². The number of halogens is 1. The lowest BCUT2D eigenvalue weighted by Gasteiger charge is -2.25. The molecule has 1 aromatic carbocycles. The van der Waals surface area contributed by atoms with E-state index in [2.05, 4.69) is 49.2 Å². The molecule has 1 saturated heterocycles. The molecule has 3 nitrogen and oxygen atoms in total. The van der Waals surface area contributed by atoms with Crippen molar-refractivity contribution in [1.82, 2.24) is 9.97 Å². The van der Waals surface area contributed by atoms with Gasteiger partial charge in [0.1, 0.15) is 12.1 Å². The second-order valence-corrected chi connectivity index (χ2v) is 7.21. The first kappa shape index (κ1) is 14.1. The monoisotopic (exact) mass is 351 g/mol. The Labute approximate surface area is 132 Å². The van der Waals surface area contributed by atoms with Gasteiger partial charge in [0.25, 0.3) is 0 Å². The minimum atomic E-state index is 0.703. The van der Waals surface area contributed by atoms with Gasteiger partial charge in [-0.05, 0) is 37.3 Å². The van der Waals surface area contributed by atoms with Gasteiger partial charge in [0, 0.05) is 28.2 Å². The summed E-state index contributed by atoms with van der Waals surface area (Å²) in [5.74, 6) is 1.08. The fraction of sp³-hybridized carbons (Fsp3) is 0.467. The summed E-state index contributed by atoms with van der Waals surface area (Å²) in [6, 6.07) is 6.21. The van der Waals surface area contributed by atoms with Gasteiger partial charge in [0.15, 0.2) is 0 Å². The molecule has 0 aliphatic carbocycles. The van der Waals surface area contributed by atoms with Gasteiger partial charge in [-0.1, -0.05) is 22.4 Å². The minimum absolute atomic E-state index is 0.703. The fourth-order valence-corrected chi connectivity index (χ4v) is 3.85. The highest BCUT2D eigenvalue weighted by atomic mass is 79.9. The zero-order valence-electron chi connectivity index (χ0n) is 11.6. The van der Waals surface area contributed by atoms with Crippen molar-refractivity contribution in [2.45, 2.75) is 24.5 Å². The molecule has 0 spiro atoms. The quantitative estimate of drug-likeness (QED) is 0.813. The lowest BCUT2D eigenvalue weighted by molar-refractivity contribution is 0.736. The number of benzene rings is 1. The Morgan fingerprint density at radius 3 is 3.05 bits per heavy atom. The Kier molecular flexibility index (Phi) is 4.46. The number of fused-ring (bicyclic) bond motifs is 1. The van der Waals surface area contributed by atoms with Crippen LogP contribution in [0.15, 0.2) is 29.0 Å². The van der Waals surface area contributed by atoms with Crippen molar-refractivity contribution in [3.8, 4) is 0 Å². The van der Waals surface area contributed by atoms with Crippen LogP contribution < -0.4 is 4.90 Å². The van der Waals surface area contributed by atoms with Gasteiger partial charge in [-0.3, -0.25) is 0 Å². The topological polar surface area (TPSA) is 29.0 Å². The van der Waals surface area contributed by atoms with Gasteiger partial charge in [0.05, 0.1) is 5.52 Å². The van der Waals surface area contributed by atoms with E-state index >= 15 is 0 Å². The van der Waals surface area contributed by atoms with Crippen molar-refractivity contribution in [3.63, 3.8) is 0 Å². The molecular formula is C15H18BrN3S. The van der Waals surface area contributed by atoms with E-state index in [0.717, 1.165) is 34.3 Å². The Morgan fingerprint density at radius 1 is 1.30 bits per heavy atom. The van der Waals surface area contributed by atoms with E-state index in [1.807, 2.05) is 17.8 Å². The van der Waals surface area contributed by atoms with Gasteiger partial charge in [-0.15, -0.1) is 0 Å². The molecule has 0 radical (unpaired) electrons. The van der Waals surface area contributed by atoms with E-state index in [0.29, 0.717) is 5.25 Å². The molecule has 1 atom stereocenters. The average molecular weight is 352 g/mol. The normalized spacial score (nSPS) is 20.1. The molecule has 106 valence electrons. The van der Waals surface area contributed by atoms with Crippen LogP contribution in [-0.4, -0.2) is 34.6 Å². The average Bonchev–Trinajstić information content (AvgIpc) is 2.72. The van der Waals surface area contributed by atoms with E-state index < -0.39 is 0 Å². The van der Waals surface area contributed by atoms with Crippen molar-refractivity contribution in [1.29, 1.82) is 0 Å². The molecule has 0 amide bonds. The van der Waals surface area contributed by atoms with Gasteiger partial charge in [-0.25, -0.2) is 9.97 Å². The smallest absolute Gasteiger partial charge is 0.139 e. The van der Waals surface area contributed by atoms with Crippen molar-refractivity contribution < 1.29 is 0 Å². The molecular weight excluding hydrogens is 334 g/mol. The van der Waals surface area contributed by atoms with Crippen LogP contribution in [0.25, 0.3) is 10.9 Å². The second-order valence-electron chi connectivity index (χ2n) is 5.16. The molecule has 0 bridgehead atoms. The lowest BCUT2D eigenvalue weighted by Crippen LogP contribution is -2.30. The molecule has 20 heavy (non-hydrogen) atoms. The first-order valence-corrected chi connectivity index (χ1v) is 9.04. The van der Waals surface area contributed by atoms with E-state index in [1.54, 1.807) is 6.33 Å². The standard InChI is InChI=1S/C15H18BrN3S/c1-20-12-4-2-3-7-19(9-12)15-13-8-11(16)5-6-14(13)17-10-18-15/h5-6,8,10,12H,2-4,7,9H2,1H3. The van der Waals surface area contributed by atoms with Gasteiger partial charge in [0.2, 0.25) is 0 Å². The zero-order valence-corrected chi connectivity index (χ0v) is 14.0. The second kappa shape index (κ2) is 6.31. The van der Waals surface area contributed by atoms with Crippen LogP contribution in [-0.2, 0) is 0 Å². The van der Waals surface area contributed by atoms with E-state index in [4.69, 9.17) is 0 Å². The first-order valence-electron chi connectivity index (χ1n) is 6.96. The Bertz CT molecular complexity index is 605. The minimum Gasteiger partial charge on any atom is -0.355 e. The fourth-order valence-electron chi connectivity index (χ4n) is 2.76. The van der Waals surface area contributed by atoms with Crippen LogP contribution in [0, 0.1) is 0 Å². The van der Waals surface area contributed by atoms with E-state index in [9.17, 15) is 0 Å². The van der Waals surface area contributed by atoms with Crippen molar-refractivity contribution in [3.05, 3.63) is 29.0 Å². The van der Waals surface area contributed by atoms with Crippen LogP contribution in [0.2, 0.25) is 0 Å². The number of rotatable bonds is 2. The number of hydrogen-bond acceptors (Lipinski definition) is 4. The molecule has 0 N–H and O–H groups in total. The highest BCUT2D eigenvalue weighted by Crippen LogP contribution is 2.29. The number of aromatic nitrogens is 2. The molecule has 1 unspecified atom stereocenters. The Morgan fingerprint density at radius 2 is 2.20 bits per heavy atom. The SMILES string of the molecule is CSC1CCCCN(c2ncnc3ccc(Br)cc23)C1. The third-order valence-corrected chi connectivity index (χ3v) is 5.38. The van der Waals surface area contributed by atoms with Crippen LogP contribution in [0.4, 0.5) is 5.82 Å². The number of thioether (sulfide) groups is 1. The summed E-state index contributed by atoms with van der Waals surface area (Å²) in [5.41, 5.74) is 1.02. The lowest BCUT2D eigenvalue weighted by atomic mass is 10.2. The van der Waals surface area contributed by atoms with Gasteiger partial charge in [-0.2, -0.15) is 11.8 Å². The van der Waals surface area contributed by atoms with Crippen LogP contribution in [0.3, 0.4) is 0 Å². The molecule has 0 saturated carbocycles. The molecule has 1 aliphatic heterocycles. The molecule has 1 aromatic heterocycles. The summed E-state index contributed by atoms with van der Waals surface area (Å²) in [6.45, 7) is 2.18. The maximum Gasteiger partial charge on any atom is 0.139 e. The third kappa shape index (κ3) is 2.93. The van der Waals surface area contributed by atoms with Gasteiger partial charge < -0.3 is 4.90 Å². The molecule has 1 aliphatic rings. The number of hydrogen-bond donors (Lipinski definition) is 0. The van der Waals surface area contributed by atoms with Crippen molar-refractivity contribution >= 4 is 44.4 Å². The van der Waals surface area contributed by atoms with Crippen molar-refractivity contribution in [2.24, 2.45) is 0 Å². The third-order valence-electron chi connectivity index (χ3n) is 3.84. The zero-order chi connectivity index (χ0) is 13.9. The Balaban J connectivity index is 2.01. The summed E-state index contributed by atoms with van der Waals surface area (Å²) >= 11 is 5.53. The first-order chi connectivity index (χ1) is 9.78. The number of nitrogens with zero attached hydrogens (tertiary/aromatic N) is 3. The maximum atomic E-state index is 4.57. The largest absolute Gasteiger partial charge is 0.355 e.